The normalized spacial score (nSPS) is 17.9. The summed E-state index contributed by atoms with van der Waals surface area (Å²) in [7, 11) is 0. The fourth-order valence-electron chi connectivity index (χ4n) is 2.24. The Morgan fingerprint density at radius 1 is 1.40 bits per heavy atom. The van der Waals surface area contributed by atoms with Crippen LogP contribution in [0, 0.1) is 5.92 Å². The van der Waals surface area contributed by atoms with Crippen LogP contribution in [-0.4, -0.2) is 30.0 Å². The Bertz CT molecular complexity index is 438. The van der Waals surface area contributed by atoms with Gasteiger partial charge in [-0.2, -0.15) is 0 Å². The van der Waals surface area contributed by atoms with E-state index >= 15 is 0 Å². The molecule has 2 atom stereocenters. The van der Waals surface area contributed by atoms with Crippen LogP contribution in [0.1, 0.15) is 32.3 Å². The smallest absolute Gasteiger partial charge is 0.224 e. The molecule has 1 aromatic heterocycles. The molecule has 5 nitrogen and oxygen atoms in total. The van der Waals surface area contributed by atoms with Gasteiger partial charge in [-0.15, -0.1) is 0 Å². The van der Waals surface area contributed by atoms with Crippen LogP contribution in [-0.2, 0) is 11.3 Å². The van der Waals surface area contributed by atoms with Gasteiger partial charge in [0.2, 0.25) is 5.91 Å². The first-order valence-electron chi connectivity index (χ1n) is 7.31. The summed E-state index contributed by atoms with van der Waals surface area (Å²) >= 11 is 0. The number of nitrogens with zero attached hydrogens (tertiary/aromatic N) is 2. The van der Waals surface area contributed by atoms with E-state index < -0.39 is 0 Å². The minimum atomic E-state index is -0.174. The number of nitrogens with one attached hydrogen (secondary N) is 1. The van der Waals surface area contributed by atoms with E-state index in [4.69, 9.17) is 5.73 Å². The van der Waals surface area contributed by atoms with Gasteiger partial charge in [0.25, 0.3) is 0 Å². The molecule has 1 aliphatic heterocycles. The van der Waals surface area contributed by atoms with Crippen LogP contribution in [0.25, 0.3) is 0 Å². The van der Waals surface area contributed by atoms with Gasteiger partial charge in [0.15, 0.2) is 0 Å². The molecule has 0 aromatic carbocycles. The van der Waals surface area contributed by atoms with Gasteiger partial charge in [0, 0.05) is 37.8 Å². The number of rotatable bonds is 5. The molecule has 2 unspecified atom stereocenters. The monoisotopic (exact) mass is 276 g/mol. The fourth-order valence-corrected chi connectivity index (χ4v) is 2.24. The number of carbonyl (C=O) groups excluding carboxylic acids is 1. The summed E-state index contributed by atoms with van der Waals surface area (Å²) in [5, 5.41) is 2.90. The number of nitrogens with two attached hydrogens (primary N) is 1. The van der Waals surface area contributed by atoms with Crippen molar-refractivity contribution in [1.82, 2.24) is 10.3 Å². The third-order valence-corrected chi connectivity index (χ3v) is 3.91. The van der Waals surface area contributed by atoms with Crippen molar-refractivity contribution < 1.29 is 4.79 Å². The maximum absolute atomic E-state index is 11.8. The summed E-state index contributed by atoms with van der Waals surface area (Å²) in [6, 6.07) is 3.92. The van der Waals surface area contributed by atoms with Crippen LogP contribution < -0.4 is 16.0 Å². The molecule has 0 aliphatic carbocycles. The molecule has 2 rings (SSSR count). The average molecular weight is 276 g/mol. The SMILES string of the molecule is CC(N)C(C)C(=O)NCc1ccc(N2CCCC2)nc1. The third kappa shape index (κ3) is 3.70. The van der Waals surface area contributed by atoms with Gasteiger partial charge < -0.3 is 16.0 Å². The van der Waals surface area contributed by atoms with Crippen molar-refractivity contribution in [2.45, 2.75) is 39.3 Å². The Morgan fingerprint density at radius 3 is 2.65 bits per heavy atom. The highest BCUT2D eigenvalue weighted by Gasteiger charge is 2.16. The highest BCUT2D eigenvalue weighted by atomic mass is 16.1. The van der Waals surface area contributed by atoms with E-state index in [0.29, 0.717) is 6.54 Å². The second-order valence-electron chi connectivity index (χ2n) is 5.58. The van der Waals surface area contributed by atoms with Crippen molar-refractivity contribution in [1.29, 1.82) is 0 Å². The molecule has 0 radical (unpaired) electrons. The Morgan fingerprint density at radius 2 is 2.10 bits per heavy atom. The van der Waals surface area contributed by atoms with Gasteiger partial charge in [-0.1, -0.05) is 13.0 Å². The first-order chi connectivity index (χ1) is 9.58. The first kappa shape index (κ1) is 14.8. The van der Waals surface area contributed by atoms with Gasteiger partial charge in [-0.25, -0.2) is 4.98 Å². The topological polar surface area (TPSA) is 71.2 Å². The van der Waals surface area contributed by atoms with Crippen LogP contribution >= 0.6 is 0 Å². The number of carbonyl (C=O) groups is 1. The maximum Gasteiger partial charge on any atom is 0.224 e. The van der Waals surface area contributed by atoms with Gasteiger partial charge in [-0.05, 0) is 31.4 Å². The standard InChI is InChI=1S/C15H24N4O/c1-11(12(2)16)15(20)18-10-13-5-6-14(17-9-13)19-7-3-4-8-19/h5-6,9,11-12H,3-4,7-8,10,16H2,1-2H3,(H,18,20). The minimum absolute atomic E-state index is 0.0105. The lowest BCUT2D eigenvalue weighted by molar-refractivity contribution is -0.125. The van der Waals surface area contributed by atoms with Crippen molar-refractivity contribution in [3.8, 4) is 0 Å². The van der Waals surface area contributed by atoms with Crippen molar-refractivity contribution in [3.05, 3.63) is 23.9 Å². The molecule has 1 fully saturated rings. The summed E-state index contributed by atoms with van der Waals surface area (Å²) < 4.78 is 0. The number of aromatic nitrogens is 1. The first-order valence-corrected chi connectivity index (χ1v) is 7.31. The summed E-state index contributed by atoms with van der Waals surface area (Å²) in [6.45, 7) is 6.37. The molecule has 0 bridgehead atoms. The predicted octanol–water partition coefficient (Wildman–Crippen LogP) is 1.28. The second kappa shape index (κ2) is 6.70. The fraction of sp³-hybridized carbons (Fsp3) is 0.600. The van der Waals surface area contributed by atoms with Crippen molar-refractivity contribution in [3.63, 3.8) is 0 Å². The number of anilines is 1. The van der Waals surface area contributed by atoms with Crippen LogP contribution in [0.2, 0.25) is 0 Å². The minimum Gasteiger partial charge on any atom is -0.357 e. The largest absolute Gasteiger partial charge is 0.357 e. The van der Waals surface area contributed by atoms with E-state index in [-0.39, 0.29) is 17.9 Å². The summed E-state index contributed by atoms with van der Waals surface area (Å²) in [6.07, 6.45) is 4.33. The van der Waals surface area contributed by atoms with Gasteiger partial charge in [0.05, 0.1) is 0 Å². The van der Waals surface area contributed by atoms with E-state index in [9.17, 15) is 4.79 Å². The predicted molar refractivity (Wildman–Crippen MR) is 80.3 cm³/mol. The second-order valence-corrected chi connectivity index (χ2v) is 5.58. The van der Waals surface area contributed by atoms with Crippen molar-refractivity contribution >= 4 is 11.7 Å². The molecule has 0 spiro atoms. The molecule has 1 aromatic rings. The molecule has 1 aliphatic rings. The highest BCUT2D eigenvalue weighted by Crippen LogP contribution is 2.17. The maximum atomic E-state index is 11.8. The molecule has 20 heavy (non-hydrogen) atoms. The van der Waals surface area contributed by atoms with Crippen molar-refractivity contribution in [2.75, 3.05) is 18.0 Å². The van der Waals surface area contributed by atoms with Gasteiger partial charge >= 0.3 is 0 Å². The summed E-state index contributed by atoms with van der Waals surface area (Å²) in [4.78, 5) is 18.6. The number of pyridine rings is 1. The van der Waals surface area contributed by atoms with Crippen LogP contribution in [0.5, 0.6) is 0 Å². The quantitative estimate of drug-likeness (QED) is 0.850. The van der Waals surface area contributed by atoms with E-state index in [2.05, 4.69) is 15.2 Å². The van der Waals surface area contributed by atoms with E-state index in [0.717, 1.165) is 24.5 Å². The number of hydrogen-bond donors (Lipinski definition) is 2. The Balaban J connectivity index is 1.86. The molecule has 0 saturated carbocycles. The van der Waals surface area contributed by atoms with Crippen LogP contribution in [0.3, 0.4) is 0 Å². The lowest BCUT2D eigenvalue weighted by Crippen LogP contribution is -2.38. The molecular formula is C15H24N4O. The van der Waals surface area contributed by atoms with E-state index in [1.807, 2.05) is 32.2 Å². The van der Waals surface area contributed by atoms with E-state index in [1.54, 1.807) is 0 Å². The van der Waals surface area contributed by atoms with Gasteiger partial charge in [-0.3, -0.25) is 4.79 Å². The Kier molecular flexibility index (Phi) is 4.95. The van der Waals surface area contributed by atoms with E-state index in [1.165, 1.54) is 12.8 Å². The lowest BCUT2D eigenvalue weighted by Gasteiger charge is -2.17. The number of amides is 1. The summed E-state index contributed by atoms with van der Waals surface area (Å²) in [5.74, 6) is 0.844. The zero-order chi connectivity index (χ0) is 14.5. The number of hydrogen-bond acceptors (Lipinski definition) is 4. The lowest BCUT2D eigenvalue weighted by atomic mass is 10.0. The molecular weight excluding hydrogens is 252 g/mol. The highest BCUT2D eigenvalue weighted by molar-refractivity contribution is 5.78. The molecule has 1 saturated heterocycles. The van der Waals surface area contributed by atoms with Crippen molar-refractivity contribution in [2.24, 2.45) is 11.7 Å². The Labute approximate surface area is 120 Å². The molecule has 110 valence electrons. The third-order valence-electron chi connectivity index (χ3n) is 3.91. The molecule has 3 N–H and O–H groups in total. The zero-order valence-electron chi connectivity index (χ0n) is 12.3. The average Bonchev–Trinajstić information content (AvgIpc) is 2.98. The van der Waals surface area contributed by atoms with Crippen LogP contribution in [0.4, 0.5) is 5.82 Å². The molecule has 5 heteroatoms. The zero-order valence-corrected chi connectivity index (χ0v) is 12.3. The Hall–Kier alpha value is -1.62. The van der Waals surface area contributed by atoms with Gasteiger partial charge in [0.1, 0.15) is 5.82 Å². The molecule has 1 amide bonds. The molecule has 2 heterocycles. The van der Waals surface area contributed by atoms with Crippen LogP contribution in [0.15, 0.2) is 18.3 Å². The summed E-state index contributed by atoms with van der Waals surface area (Å²) in [5.41, 5.74) is 6.73.